The highest BCUT2D eigenvalue weighted by Gasteiger charge is 2.12. The molecule has 0 radical (unpaired) electrons. The standard InChI is InChI=1S/C17H15N3O2/c1-2-10-22-12-8-6-11(7-9-12)17-19-14-5-3-4-13(16(18)21)15(14)20-17/h2-9H,1,10H2,(H2,18,21)(H,19,20). The topological polar surface area (TPSA) is 81.0 Å². The molecule has 0 aliphatic carbocycles. The first-order valence-corrected chi connectivity index (χ1v) is 6.81. The average molecular weight is 293 g/mol. The Labute approximate surface area is 127 Å². The van der Waals surface area contributed by atoms with Gasteiger partial charge in [0.1, 0.15) is 23.7 Å². The van der Waals surface area contributed by atoms with Gasteiger partial charge in [-0.2, -0.15) is 0 Å². The molecule has 0 atom stereocenters. The molecule has 3 aromatic rings. The number of benzene rings is 2. The van der Waals surface area contributed by atoms with Crippen molar-refractivity contribution in [3.63, 3.8) is 0 Å². The van der Waals surface area contributed by atoms with E-state index in [1.54, 1.807) is 18.2 Å². The highest BCUT2D eigenvalue weighted by molar-refractivity contribution is 6.04. The number of nitrogens with one attached hydrogen (secondary N) is 1. The third kappa shape index (κ3) is 2.56. The van der Waals surface area contributed by atoms with Gasteiger partial charge in [0.05, 0.1) is 11.1 Å². The van der Waals surface area contributed by atoms with E-state index in [-0.39, 0.29) is 0 Å². The fraction of sp³-hybridized carbons (Fsp3) is 0.0588. The van der Waals surface area contributed by atoms with Crippen molar-refractivity contribution in [3.8, 4) is 17.1 Å². The lowest BCUT2D eigenvalue weighted by molar-refractivity contribution is 0.100. The molecule has 2 aromatic carbocycles. The molecular weight excluding hydrogens is 278 g/mol. The minimum Gasteiger partial charge on any atom is -0.490 e. The molecule has 0 saturated heterocycles. The van der Waals surface area contributed by atoms with Crippen LogP contribution in [0, 0.1) is 0 Å². The molecule has 0 bridgehead atoms. The zero-order valence-electron chi connectivity index (χ0n) is 11.9. The summed E-state index contributed by atoms with van der Waals surface area (Å²) in [6.45, 7) is 4.07. The number of nitrogens with zero attached hydrogens (tertiary/aromatic N) is 1. The Balaban J connectivity index is 1.98. The molecule has 0 fully saturated rings. The zero-order chi connectivity index (χ0) is 15.5. The van der Waals surface area contributed by atoms with E-state index in [0.717, 1.165) is 16.8 Å². The van der Waals surface area contributed by atoms with Gasteiger partial charge in [-0.25, -0.2) is 4.98 Å². The first-order chi connectivity index (χ1) is 10.7. The molecule has 0 aliphatic rings. The maximum atomic E-state index is 11.4. The lowest BCUT2D eigenvalue weighted by atomic mass is 10.2. The molecule has 0 spiro atoms. The number of aromatic amines is 1. The minimum atomic E-state index is -0.489. The molecule has 110 valence electrons. The van der Waals surface area contributed by atoms with Gasteiger partial charge in [0.25, 0.3) is 5.91 Å². The molecule has 0 aliphatic heterocycles. The van der Waals surface area contributed by atoms with Gasteiger partial charge in [-0.1, -0.05) is 18.7 Å². The van der Waals surface area contributed by atoms with E-state index in [2.05, 4.69) is 16.5 Å². The zero-order valence-corrected chi connectivity index (χ0v) is 11.9. The van der Waals surface area contributed by atoms with Gasteiger partial charge in [-0.15, -0.1) is 0 Å². The lowest BCUT2D eigenvalue weighted by Gasteiger charge is -2.03. The van der Waals surface area contributed by atoms with E-state index in [1.165, 1.54) is 0 Å². The van der Waals surface area contributed by atoms with Crippen LogP contribution in [0.25, 0.3) is 22.4 Å². The Morgan fingerprint density at radius 2 is 2.05 bits per heavy atom. The molecule has 3 N–H and O–H groups in total. The van der Waals surface area contributed by atoms with Gasteiger partial charge in [0.2, 0.25) is 0 Å². The molecule has 1 aromatic heterocycles. The second kappa shape index (κ2) is 5.73. The predicted molar refractivity (Wildman–Crippen MR) is 85.7 cm³/mol. The Hall–Kier alpha value is -3.08. The molecular formula is C17H15N3O2. The summed E-state index contributed by atoms with van der Waals surface area (Å²) in [5, 5.41) is 0. The molecule has 3 rings (SSSR count). The van der Waals surface area contributed by atoms with E-state index in [0.29, 0.717) is 23.5 Å². The number of hydrogen-bond donors (Lipinski definition) is 2. The Bertz CT molecular complexity index is 835. The van der Waals surface area contributed by atoms with Gasteiger partial charge >= 0.3 is 0 Å². The molecule has 1 amide bonds. The van der Waals surface area contributed by atoms with Crippen molar-refractivity contribution in [1.82, 2.24) is 9.97 Å². The van der Waals surface area contributed by atoms with Gasteiger partial charge in [0, 0.05) is 5.56 Å². The number of rotatable bonds is 5. The Morgan fingerprint density at radius 3 is 2.73 bits per heavy atom. The monoisotopic (exact) mass is 293 g/mol. The minimum absolute atomic E-state index is 0.408. The molecule has 0 saturated carbocycles. The Morgan fingerprint density at radius 1 is 1.27 bits per heavy atom. The predicted octanol–water partition coefficient (Wildman–Crippen LogP) is 2.89. The van der Waals surface area contributed by atoms with E-state index < -0.39 is 5.91 Å². The summed E-state index contributed by atoms with van der Waals surface area (Å²) in [5.41, 5.74) is 8.04. The third-order valence-electron chi connectivity index (χ3n) is 3.27. The fourth-order valence-corrected chi connectivity index (χ4v) is 2.23. The van der Waals surface area contributed by atoms with Crippen molar-refractivity contribution in [2.24, 2.45) is 5.73 Å². The first kappa shape index (κ1) is 13.9. The summed E-state index contributed by atoms with van der Waals surface area (Å²) in [7, 11) is 0. The maximum absolute atomic E-state index is 11.4. The quantitative estimate of drug-likeness (QED) is 0.710. The first-order valence-electron chi connectivity index (χ1n) is 6.81. The molecule has 5 nitrogen and oxygen atoms in total. The Kier molecular flexibility index (Phi) is 3.62. The summed E-state index contributed by atoms with van der Waals surface area (Å²) in [4.78, 5) is 19.1. The highest BCUT2D eigenvalue weighted by Crippen LogP contribution is 2.24. The maximum Gasteiger partial charge on any atom is 0.250 e. The van der Waals surface area contributed by atoms with Gasteiger partial charge in [0.15, 0.2) is 0 Å². The van der Waals surface area contributed by atoms with Crippen LogP contribution >= 0.6 is 0 Å². The number of ether oxygens (including phenoxy) is 1. The summed E-state index contributed by atoms with van der Waals surface area (Å²) in [6.07, 6.45) is 1.69. The molecule has 0 unspecified atom stereocenters. The number of imidazole rings is 1. The van der Waals surface area contributed by atoms with Crippen LogP contribution in [0.3, 0.4) is 0 Å². The summed E-state index contributed by atoms with van der Waals surface area (Å²) in [6, 6.07) is 12.8. The number of carbonyl (C=O) groups is 1. The second-order valence-electron chi connectivity index (χ2n) is 4.78. The van der Waals surface area contributed by atoms with Crippen LogP contribution < -0.4 is 10.5 Å². The van der Waals surface area contributed by atoms with Crippen molar-refractivity contribution in [2.75, 3.05) is 6.61 Å². The fourth-order valence-electron chi connectivity index (χ4n) is 2.23. The van der Waals surface area contributed by atoms with Crippen molar-refractivity contribution in [2.45, 2.75) is 0 Å². The van der Waals surface area contributed by atoms with E-state index in [9.17, 15) is 4.79 Å². The number of para-hydroxylation sites is 1. The van der Waals surface area contributed by atoms with Crippen molar-refractivity contribution in [1.29, 1.82) is 0 Å². The average Bonchev–Trinajstić information content (AvgIpc) is 2.97. The van der Waals surface area contributed by atoms with Crippen LogP contribution in [0.1, 0.15) is 10.4 Å². The third-order valence-corrected chi connectivity index (χ3v) is 3.27. The largest absolute Gasteiger partial charge is 0.490 e. The number of hydrogen-bond acceptors (Lipinski definition) is 3. The van der Waals surface area contributed by atoms with Gasteiger partial charge < -0.3 is 15.5 Å². The van der Waals surface area contributed by atoms with E-state index in [4.69, 9.17) is 10.5 Å². The van der Waals surface area contributed by atoms with Crippen LogP contribution in [0.15, 0.2) is 55.1 Å². The van der Waals surface area contributed by atoms with Gasteiger partial charge in [-0.05, 0) is 36.4 Å². The van der Waals surface area contributed by atoms with Crippen LogP contribution in [0.5, 0.6) is 5.75 Å². The van der Waals surface area contributed by atoms with Crippen LogP contribution in [0.2, 0.25) is 0 Å². The number of amides is 1. The summed E-state index contributed by atoms with van der Waals surface area (Å²) < 4.78 is 5.45. The van der Waals surface area contributed by atoms with Gasteiger partial charge in [-0.3, -0.25) is 4.79 Å². The summed E-state index contributed by atoms with van der Waals surface area (Å²) >= 11 is 0. The number of fused-ring (bicyclic) bond motifs is 1. The SMILES string of the molecule is C=CCOc1ccc(-c2nc3c(C(N)=O)cccc3[nH]2)cc1. The van der Waals surface area contributed by atoms with E-state index >= 15 is 0 Å². The lowest BCUT2D eigenvalue weighted by Crippen LogP contribution is -2.11. The second-order valence-corrected chi connectivity index (χ2v) is 4.78. The van der Waals surface area contributed by atoms with Crippen LogP contribution in [-0.4, -0.2) is 22.5 Å². The van der Waals surface area contributed by atoms with Crippen LogP contribution in [-0.2, 0) is 0 Å². The highest BCUT2D eigenvalue weighted by atomic mass is 16.5. The molecule has 5 heteroatoms. The number of nitrogens with two attached hydrogens (primary N) is 1. The molecule has 22 heavy (non-hydrogen) atoms. The number of primary amides is 1. The smallest absolute Gasteiger partial charge is 0.250 e. The van der Waals surface area contributed by atoms with E-state index in [1.807, 2.05) is 30.3 Å². The number of H-pyrrole nitrogens is 1. The molecule has 1 heterocycles. The number of aromatic nitrogens is 2. The van der Waals surface area contributed by atoms with Crippen molar-refractivity contribution < 1.29 is 9.53 Å². The number of carbonyl (C=O) groups excluding carboxylic acids is 1. The van der Waals surface area contributed by atoms with Crippen molar-refractivity contribution in [3.05, 3.63) is 60.7 Å². The van der Waals surface area contributed by atoms with Crippen LogP contribution in [0.4, 0.5) is 0 Å². The summed E-state index contributed by atoms with van der Waals surface area (Å²) in [5.74, 6) is 0.952. The normalized spacial score (nSPS) is 10.5. The van der Waals surface area contributed by atoms with Crippen molar-refractivity contribution >= 4 is 16.9 Å².